The zero-order chi connectivity index (χ0) is 17.3. The van der Waals surface area contributed by atoms with E-state index in [2.05, 4.69) is 35.9 Å². The Kier molecular flexibility index (Phi) is 4.28. The molecule has 1 aliphatic rings. The average Bonchev–Trinajstić information content (AvgIpc) is 2.85. The summed E-state index contributed by atoms with van der Waals surface area (Å²) >= 11 is 0. The Balaban J connectivity index is 1.90. The van der Waals surface area contributed by atoms with E-state index < -0.39 is 0 Å². The molecule has 1 aromatic heterocycles. The van der Waals surface area contributed by atoms with Crippen molar-refractivity contribution >= 4 is 5.97 Å². The first-order valence-corrected chi connectivity index (χ1v) is 7.92. The van der Waals surface area contributed by atoms with E-state index in [4.69, 9.17) is 9.47 Å². The van der Waals surface area contributed by atoms with E-state index in [1.807, 2.05) is 18.2 Å². The molecule has 0 amide bonds. The molecule has 2 aromatic rings. The molecule has 0 atom stereocenters. The van der Waals surface area contributed by atoms with Crippen molar-refractivity contribution in [2.24, 2.45) is 0 Å². The topological polar surface area (TPSA) is 51.7 Å². The molecule has 0 spiro atoms. The van der Waals surface area contributed by atoms with E-state index in [1.54, 1.807) is 13.3 Å². The van der Waals surface area contributed by atoms with Crippen molar-refractivity contribution in [3.05, 3.63) is 58.9 Å². The Hall–Kier alpha value is -2.40. The fourth-order valence-electron chi connectivity index (χ4n) is 3.26. The summed E-state index contributed by atoms with van der Waals surface area (Å²) in [7, 11) is 3.05. The van der Waals surface area contributed by atoms with E-state index in [0.717, 1.165) is 23.4 Å². The van der Waals surface area contributed by atoms with Crippen LogP contribution in [0.25, 0.3) is 0 Å². The van der Waals surface area contributed by atoms with Gasteiger partial charge in [0.25, 0.3) is 0 Å². The second-order valence-corrected chi connectivity index (χ2v) is 6.44. The molecule has 1 aliphatic heterocycles. The standard InChI is InChI=1S/C19H22N2O3/c1-19(2)16-9-10-20-17(18(22)24-4)15(16)12-21(19)11-13-5-7-14(23-3)8-6-13/h5-10H,11-12H2,1-4H3. The number of ether oxygens (including phenoxy) is 2. The lowest BCUT2D eigenvalue weighted by Crippen LogP contribution is -2.34. The van der Waals surface area contributed by atoms with Gasteiger partial charge >= 0.3 is 5.97 Å². The Morgan fingerprint density at radius 1 is 1.21 bits per heavy atom. The highest BCUT2D eigenvalue weighted by molar-refractivity contribution is 5.89. The first-order valence-electron chi connectivity index (χ1n) is 7.92. The first-order chi connectivity index (χ1) is 11.5. The Labute approximate surface area is 142 Å². The largest absolute Gasteiger partial charge is 0.497 e. The zero-order valence-corrected chi connectivity index (χ0v) is 14.5. The quantitative estimate of drug-likeness (QED) is 0.808. The number of pyridine rings is 1. The second kappa shape index (κ2) is 6.24. The van der Waals surface area contributed by atoms with Crippen LogP contribution in [-0.2, 0) is 23.4 Å². The third kappa shape index (κ3) is 2.76. The molecule has 2 heterocycles. The SMILES string of the molecule is COC(=O)c1nccc2c1CN(Cc1ccc(OC)cc1)C2(C)C. The summed E-state index contributed by atoms with van der Waals surface area (Å²) in [5.41, 5.74) is 3.53. The van der Waals surface area contributed by atoms with Crippen LogP contribution in [0.4, 0.5) is 0 Å². The highest BCUT2D eigenvalue weighted by Crippen LogP contribution is 2.40. The summed E-state index contributed by atoms with van der Waals surface area (Å²) in [6.45, 7) is 5.80. The van der Waals surface area contributed by atoms with E-state index in [9.17, 15) is 4.79 Å². The van der Waals surface area contributed by atoms with Crippen molar-refractivity contribution in [2.75, 3.05) is 14.2 Å². The van der Waals surface area contributed by atoms with Gasteiger partial charge in [-0.15, -0.1) is 0 Å². The number of esters is 1. The van der Waals surface area contributed by atoms with Crippen LogP contribution < -0.4 is 4.74 Å². The second-order valence-electron chi connectivity index (χ2n) is 6.44. The number of aromatic nitrogens is 1. The summed E-state index contributed by atoms with van der Waals surface area (Å²) in [4.78, 5) is 18.6. The van der Waals surface area contributed by atoms with Crippen molar-refractivity contribution in [3.8, 4) is 5.75 Å². The summed E-state index contributed by atoms with van der Waals surface area (Å²) < 4.78 is 10.1. The molecule has 0 radical (unpaired) electrons. The molecule has 5 nitrogen and oxygen atoms in total. The maximum atomic E-state index is 12.0. The van der Waals surface area contributed by atoms with E-state index in [1.165, 1.54) is 12.7 Å². The number of nitrogens with zero attached hydrogens (tertiary/aromatic N) is 2. The number of fused-ring (bicyclic) bond motifs is 1. The minimum Gasteiger partial charge on any atom is -0.497 e. The van der Waals surface area contributed by atoms with Crippen molar-refractivity contribution in [1.29, 1.82) is 0 Å². The molecule has 0 unspecified atom stereocenters. The van der Waals surface area contributed by atoms with Gasteiger partial charge < -0.3 is 9.47 Å². The minimum absolute atomic E-state index is 0.180. The molecular weight excluding hydrogens is 304 g/mol. The molecule has 1 aromatic carbocycles. The predicted molar refractivity (Wildman–Crippen MR) is 90.8 cm³/mol. The molecule has 0 aliphatic carbocycles. The van der Waals surface area contributed by atoms with Gasteiger partial charge in [0.15, 0.2) is 5.69 Å². The number of rotatable bonds is 4. The third-order valence-corrected chi connectivity index (χ3v) is 4.77. The number of hydrogen-bond acceptors (Lipinski definition) is 5. The van der Waals surface area contributed by atoms with Crippen molar-refractivity contribution in [2.45, 2.75) is 32.5 Å². The summed E-state index contributed by atoms with van der Waals surface area (Å²) in [5, 5.41) is 0. The van der Waals surface area contributed by atoms with Gasteiger partial charge in [-0.25, -0.2) is 9.78 Å². The number of hydrogen-bond donors (Lipinski definition) is 0. The maximum absolute atomic E-state index is 12.0. The Morgan fingerprint density at radius 3 is 2.54 bits per heavy atom. The molecule has 5 heteroatoms. The minimum atomic E-state index is -0.381. The van der Waals surface area contributed by atoms with E-state index >= 15 is 0 Å². The molecule has 0 fully saturated rings. The maximum Gasteiger partial charge on any atom is 0.356 e. The van der Waals surface area contributed by atoms with Crippen LogP contribution in [0.5, 0.6) is 5.75 Å². The smallest absolute Gasteiger partial charge is 0.356 e. The first kappa shape index (κ1) is 16.5. The molecule has 0 saturated heterocycles. The van der Waals surface area contributed by atoms with Crippen LogP contribution in [0, 0.1) is 0 Å². The van der Waals surface area contributed by atoms with Gasteiger partial charge in [0.2, 0.25) is 0 Å². The summed E-state index contributed by atoms with van der Waals surface area (Å²) in [6.07, 6.45) is 1.68. The molecule has 0 N–H and O–H groups in total. The molecule has 24 heavy (non-hydrogen) atoms. The number of benzene rings is 1. The predicted octanol–water partition coefficient (Wildman–Crippen LogP) is 3.13. The Morgan fingerprint density at radius 2 is 1.92 bits per heavy atom. The lowest BCUT2D eigenvalue weighted by molar-refractivity contribution is 0.0591. The van der Waals surface area contributed by atoms with Gasteiger partial charge in [-0.2, -0.15) is 0 Å². The van der Waals surface area contributed by atoms with Crippen LogP contribution >= 0.6 is 0 Å². The molecule has 3 rings (SSSR count). The summed E-state index contributed by atoms with van der Waals surface area (Å²) in [6, 6.07) is 10.1. The van der Waals surface area contributed by atoms with E-state index in [0.29, 0.717) is 12.2 Å². The van der Waals surface area contributed by atoms with Gasteiger partial charge in [-0.3, -0.25) is 4.90 Å². The molecule has 0 saturated carbocycles. The number of carbonyl (C=O) groups excluding carboxylic acids is 1. The molecular formula is C19H22N2O3. The average molecular weight is 326 g/mol. The number of methoxy groups -OCH3 is 2. The molecule has 126 valence electrons. The van der Waals surface area contributed by atoms with Gasteiger partial charge in [0.1, 0.15) is 5.75 Å². The third-order valence-electron chi connectivity index (χ3n) is 4.77. The monoisotopic (exact) mass is 326 g/mol. The Bertz CT molecular complexity index is 754. The van der Waals surface area contributed by atoms with Crippen LogP contribution in [0.3, 0.4) is 0 Å². The zero-order valence-electron chi connectivity index (χ0n) is 14.5. The normalized spacial score (nSPS) is 15.8. The van der Waals surface area contributed by atoms with E-state index in [-0.39, 0.29) is 11.5 Å². The van der Waals surface area contributed by atoms with Crippen LogP contribution in [-0.4, -0.2) is 30.1 Å². The van der Waals surface area contributed by atoms with Crippen molar-refractivity contribution < 1.29 is 14.3 Å². The lowest BCUT2D eigenvalue weighted by Gasteiger charge is -2.32. The fraction of sp³-hybridized carbons (Fsp3) is 0.368. The van der Waals surface area contributed by atoms with Crippen molar-refractivity contribution in [3.63, 3.8) is 0 Å². The van der Waals surface area contributed by atoms with Gasteiger partial charge in [-0.05, 0) is 43.2 Å². The van der Waals surface area contributed by atoms with Gasteiger partial charge in [-0.1, -0.05) is 12.1 Å². The highest BCUT2D eigenvalue weighted by Gasteiger charge is 2.39. The van der Waals surface area contributed by atoms with Crippen molar-refractivity contribution in [1.82, 2.24) is 9.88 Å². The van der Waals surface area contributed by atoms with Crippen LogP contribution in [0.1, 0.15) is 41.0 Å². The summed E-state index contributed by atoms with van der Waals surface area (Å²) in [5.74, 6) is 0.467. The highest BCUT2D eigenvalue weighted by atomic mass is 16.5. The fourth-order valence-corrected chi connectivity index (χ4v) is 3.26. The van der Waals surface area contributed by atoms with Crippen LogP contribution in [0.15, 0.2) is 36.5 Å². The lowest BCUT2D eigenvalue weighted by atomic mass is 9.93. The number of carbonyl (C=O) groups is 1. The van der Waals surface area contributed by atoms with Gasteiger partial charge in [0.05, 0.1) is 14.2 Å². The molecule has 0 bridgehead atoms. The van der Waals surface area contributed by atoms with Gasteiger partial charge in [0, 0.05) is 30.4 Å². The van der Waals surface area contributed by atoms with Crippen LogP contribution in [0.2, 0.25) is 0 Å².